The Bertz CT molecular complexity index is 850. The number of hydrogen-bond donors (Lipinski definition) is 0. The van der Waals surface area contributed by atoms with Gasteiger partial charge in [-0.2, -0.15) is 0 Å². The molecule has 3 nitrogen and oxygen atoms in total. The average Bonchev–Trinajstić information content (AvgIpc) is 3.31. The van der Waals surface area contributed by atoms with Gasteiger partial charge in [-0.05, 0) is 30.0 Å². The summed E-state index contributed by atoms with van der Waals surface area (Å²) in [6.45, 7) is 0.492. The highest BCUT2D eigenvalue weighted by Crippen LogP contribution is 2.57. The van der Waals surface area contributed by atoms with Crippen LogP contribution in [-0.4, -0.2) is 18.8 Å². The van der Waals surface area contributed by atoms with E-state index in [2.05, 4.69) is 20.7 Å². The van der Waals surface area contributed by atoms with E-state index in [1.807, 2.05) is 30.3 Å². The highest BCUT2D eigenvalue weighted by Gasteiger charge is 2.53. The Balaban J connectivity index is 1.67. The van der Waals surface area contributed by atoms with Crippen LogP contribution in [0.5, 0.6) is 5.75 Å². The number of benzene rings is 2. The number of hydrogen-bond acceptors (Lipinski definition) is 2. The standard InChI is InChI=1S/C19H15BrF3NO2/c20-16(12-4-2-1-3-5-12)17(25)24-11-18(8-9-18)14-7-6-13(10-15(14)24)26-19(21,22)23/h1-7,10,16H,8-9,11H2. The first kappa shape index (κ1) is 17.4. The van der Waals surface area contributed by atoms with Crippen molar-refractivity contribution in [3.63, 3.8) is 0 Å². The summed E-state index contributed by atoms with van der Waals surface area (Å²) in [5.74, 6) is -0.497. The molecule has 1 fully saturated rings. The van der Waals surface area contributed by atoms with E-state index in [1.54, 1.807) is 11.0 Å². The van der Waals surface area contributed by atoms with E-state index in [0.717, 1.165) is 24.0 Å². The topological polar surface area (TPSA) is 29.5 Å². The summed E-state index contributed by atoms with van der Waals surface area (Å²) >= 11 is 3.44. The van der Waals surface area contributed by atoms with Crippen molar-refractivity contribution in [1.82, 2.24) is 0 Å². The molecular formula is C19H15BrF3NO2. The third-order valence-corrected chi connectivity index (χ3v) is 5.87. The molecule has 136 valence electrons. The largest absolute Gasteiger partial charge is 0.573 e. The Labute approximate surface area is 156 Å². The summed E-state index contributed by atoms with van der Waals surface area (Å²) in [7, 11) is 0. The molecule has 1 atom stereocenters. The molecule has 0 N–H and O–H groups in total. The highest BCUT2D eigenvalue weighted by molar-refractivity contribution is 9.09. The second-order valence-corrected chi connectivity index (χ2v) is 7.62. The SMILES string of the molecule is O=C(C(Br)c1ccccc1)N1CC2(CC2)c2ccc(OC(F)(F)F)cc21. The molecule has 1 saturated carbocycles. The van der Waals surface area contributed by atoms with Crippen molar-refractivity contribution in [3.05, 3.63) is 59.7 Å². The van der Waals surface area contributed by atoms with Crippen LogP contribution in [0.1, 0.15) is 28.8 Å². The van der Waals surface area contributed by atoms with E-state index in [9.17, 15) is 18.0 Å². The second-order valence-electron chi connectivity index (χ2n) is 6.70. The third kappa shape index (κ3) is 3.09. The quantitative estimate of drug-likeness (QED) is 0.640. The lowest BCUT2D eigenvalue weighted by Gasteiger charge is -2.22. The van der Waals surface area contributed by atoms with Crippen LogP contribution in [0, 0.1) is 0 Å². The fraction of sp³-hybridized carbons (Fsp3) is 0.316. The maximum atomic E-state index is 13.0. The van der Waals surface area contributed by atoms with Crippen molar-refractivity contribution in [1.29, 1.82) is 0 Å². The Morgan fingerprint density at radius 3 is 2.46 bits per heavy atom. The number of nitrogens with zero attached hydrogens (tertiary/aromatic N) is 1. The molecule has 1 spiro atoms. The molecule has 1 heterocycles. The third-order valence-electron chi connectivity index (χ3n) is 4.95. The minimum absolute atomic E-state index is 0.120. The smallest absolute Gasteiger partial charge is 0.406 e. The van der Waals surface area contributed by atoms with Crippen LogP contribution in [0.4, 0.5) is 18.9 Å². The van der Waals surface area contributed by atoms with Crippen LogP contribution in [-0.2, 0) is 10.2 Å². The van der Waals surface area contributed by atoms with Crippen LogP contribution in [0.2, 0.25) is 0 Å². The number of fused-ring (bicyclic) bond motifs is 2. The predicted molar refractivity (Wildman–Crippen MR) is 94.5 cm³/mol. The van der Waals surface area contributed by atoms with Crippen LogP contribution in [0.15, 0.2) is 48.5 Å². The number of alkyl halides is 4. The molecule has 2 aromatic rings. The molecule has 1 aliphatic heterocycles. The first-order valence-electron chi connectivity index (χ1n) is 8.20. The van der Waals surface area contributed by atoms with Crippen molar-refractivity contribution < 1.29 is 22.7 Å². The zero-order valence-electron chi connectivity index (χ0n) is 13.6. The van der Waals surface area contributed by atoms with E-state index >= 15 is 0 Å². The summed E-state index contributed by atoms with van der Waals surface area (Å²) in [6.07, 6.45) is -2.90. The molecule has 2 aromatic carbocycles. The van der Waals surface area contributed by atoms with Gasteiger partial charge in [0.05, 0.1) is 5.69 Å². The summed E-state index contributed by atoms with van der Waals surface area (Å²) in [6, 6.07) is 13.5. The van der Waals surface area contributed by atoms with Gasteiger partial charge in [0.2, 0.25) is 5.91 Å². The maximum Gasteiger partial charge on any atom is 0.573 e. The molecule has 26 heavy (non-hydrogen) atoms. The molecule has 4 rings (SSSR count). The number of rotatable bonds is 3. The van der Waals surface area contributed by atoms with E-state index < -0.39 is 11.2 Å². The number of amides is 1. The molecule has 0 saturated heterocycles. The molecule has 7 heteroatoms. The number of halogens is 4. The molecule has 0 bridgehead atoms. The number of ether oxygens (including phenoxy) is 1. The normalized spacial score (nSPS) is 18.5. The molecule has 0 radical (unpaired) electrons. The monoisotopic (exact) mass is 425 g/mol. The molecule has 1 amide bonds. The molecule has 1 unspecified atom stereocenters. The first-order chi connectivity index (χ1) is 12.3. The van der Waals surface area contributed by atoms with Crippen molar-refractivity contribution in [2.24, 2.45) is 0 Å². The summed E-state index contributed by atoms with van der Waals surface area (Å²) in [5.41, 5.74) is 2.12. The summed E-state index contributed by atoms with van der Waals surface area (Å²) in [4.78, 5) is 14.1. The van der Waals surface area contributed by atoms with E-state index in [1.165, 1.54) is 12.1 Å². The van der Waals surface area contributed by atoms with Crippen LogP contribution >= 0.6 is 15.9 Å². The van der Waals surface area contributed by atoms with Gasteiger partial charge >= 0.3 is 6.36 Å². The van der Waals surface area contributed by atoms with Crippen molar-refractivity contribution in [3.8, 4) is 5.75 Å². The van der Waals surface area contributed by atoms with Gasteiger partial charge in [-0.25, -0.2) is 0 Å². The van der Waals surface area contributed by atoms with E-state index in [4.69, 9.17) is 0 Å². The lowest BCUT2D eigenvalue weighted by molar-refractivity contribution is -0.274. The lowest BCUT2D eigenvalue weighted by atomic mass is 9.99. The van der Waals surface area contributed by atoms with Gasteiger partial charge in [-0.3, -0.25) is 4.79 Å². The van der Waals surface area contributed by atoms with Gasteiger partial charge in [0, 0.05) is 18.0 Å². The van der Waals surface area contributed by atoms with Gasteiger partial charge < -0.3 is 9.64 Å². The molecule has 1 aliphatic carbocycles. The van der Waals surface area contributed by atoms with Crippen molar-refractivity contribution in [2.45, 2.75) is 29.4 Å². The van der Waals surface area contributed by atoms with Crippen LogP contribution < -0.4 is 9.64 Å². The number of carbonyl (C=O) groups is 1. The van der Waals surface area contributed by atoms with Crippen LogP contribution in [0.3, 0.4) is 0 Å². The number of carbonyl (C=O) groups excluding carboxylic acids is 1. The number of anilines is 1. The fourth-order valence-electron chi connectivity index (χ4n) is 3.53. The summed E-state index contributed by atoms with van der Waals surface area (Å²) < 4.78 is 41.7. The van der Waals surface area contributed by atoms with Gasteiger partial charge in [-0.15, -0.1) is 13.2 Å². The molecule has 0 aromatic heterocycles. The summed E-state index contributed by atoms with van der Waals surface area (Å²) in [5, 5.41) is 0. The first-order valence-corrected chi connectivity index (χ1v) is 9.11. The van der Waals surface area contributed by atoms with Gasteiger partial charge in [0.1, 0.15) is 10.6 Å². The predicted octanol–water partition coefficient (Wildman–Crippen LogP) is 5.10. The Morgan fingerprint density at radius 2 is 1.85 bits per heavy atom. The maximum absolute atomic E-state index is 13.0. The van der Waals surface area contributed by atoms with Crippen molar-refractivity contribution >= 4 is 27.5 Å². The molecular weight excluding hydrogens is 411 g/mol. The van der Waals surface area contributed by atoms with Crippen LogP contribution in [0.25, 0.3) is 0 Å². The zero-order chi connectivity index (χ0) is 18.5. The van der Waals surface area contributed by atoms with E-state index in [-0.39, 0.29) is 17.1 Å². The van der Waals surface area contributed by atoms with Gasteiger partial charge in [0.15, 0.2) is 0 Å². The second kappa shape index (κ2) is 6.01. The van der Waals surface area contributed by atoms with Gasteiger partial charge in [-0.1, -0.05) is 52.3 Å². The van der Waals surface area contributed by atoms with E-state index in [0.29, 0.717) is 12.2 Å². The average molecular weight is 426 g/mol. The van der Waals surface area contributed by atoms with Gasteiger partial charge in [0.25, 0.3) is 0 Å². The minimum Gasteiger partial charge on any atom is -0.406 e. The Kier molecular flexibility index (Phi) is 4.02. The Morgan fingerprint density at radius 1 is 1.15 bits per heavy atom. The lowest BCUT2D eigenvalue weighted by Crippen LogP contribution is -2.33. The zero-order valence-corrected chi connectivity index (χ0v) is 15.2. The Hall–Kier alpha value is -2.02. The fourth-order valence-corrected chi connectivity index (χ4v) is 4.08. The highest BCUT2D eigenvalue weighted by atomic mass is 79.9. The minimum atomic E-state index is -4.76. The molecule has 2 aliphatic rings. The van der Waals surface area contributed by atoms with Crippen molar-refractivity contribution in [2.75, 3.05) is 11.4 Å².